The smallest absolute Gasteiger partial charge is 0.220 e. The van der Waals surface area contributed by atoms with Gasteiger partial charge in [0.2, 0.25) is 5.91 Å². The third-order valence-electron chi connectivity index (χ3n) is 4.22. The second kappa shape index (κ2) is 9.11. The van der Waals surface area contributed by atoms with E-state index < -0.39 is 0 Å². The minimum absolute atomic E-state index is 0.130. The summed E-state index contributed by atoms with van der Waals surface area (Å²) in [5.41, 5.74) is 3.62. The van der Waals surface area contributed by atoms with Gasteiger partial charge in [0.15, 0.2) is 0 Å². The van der Waals surface area contributed by atoms with Gasteiger partial charge < -0.3 is 10.2 Å². The normalized spacial score (nSPS) is 11.8. The zero-order chi connectivity index (χ0) is 17.4. The number of nitrogens with zero attached hydrogens (tertiary/aromatic N) is 1. The Morgan fingerprint density at radius 1 is 1.04 bits per heavy atom. The first kappa shape index (κ1) is 18.1. The van der Waals surface area contributed by atoms with Crippen molar-refractivity contribution in [1.82, 2.24) is 5.32 Å². The molecule has 1 unspecified atom stereocenters. The number of nitrogens with one attached hydrogen (secondary N) is 1. The standard InChI is InChI=1S/C21H28N2O/c1-17(12-13-18-8-5-4-6-9-18)14-21(24)22-16-19-10-7-11-20(15-19)23(2)3/h4-11,15,17H,12-14,16H2,1-3H3,(H,22,24). The minimum Gasteiger partial charge on any atom is -0.378 e. The first-order valence-electron chi connectivity index (χ1n) is 8.61. The SMILES string of the molecule is CC(CCc1ccccc1)CC(=O)NCc1cccc(N(C)C)c1. The number of hydrogen-bond donors (Lipinski definition) is 1. The highest BCUT2D eigenvalue weighted by molar-refractivity contribution is 5.76. The van der Waals surface area contributed by atoms with Crippen molar-refractivity contribution >= 4 is 11.6 Å². The van der Waals surface area contributed by atoms with Crippen molar-refractivity contribution in [3.63, 3.8) is 0 Å². The van der Waals surface area contributed by atoms with Crippen LogP contribution >= 0.6 is 0 Å². The van der Waals surface area contributed by atoms with Crippen molar-refractivity contribution in [3.8, 4) is 0 Å². The van der Waals surface area contributed by atoms with Crippen molar-refractivity contribution in [1.29, 1.82) is 0 Å². The number of anilines is 1. The van der Waals surface area contributed by atoms with Gasteiger partial charge in [0.1, 0.15) is 0 Å². The van der Waals surface area contributed by atoms with Crippen LogP contribution in [0.3, 0.4) is 0 Å². The molecule has 2 rings (SSSR count). The van der Waals surface area contributed by atoms with Gasteiger partial charge >= 0.3 is 0 Å². The van der Waals surface area contributed by atoms with E-state index in [1.54, 1.807) is 0 Å². The molecule has 3 nitrogen and oxygen atoms in total. The summed E-state index contributed by atoms with van der Waals surface area (Å²) in [6.45, 7) is 2.74. The predicted molar refractivity (Wildman–Crippen MR) is 101 cm³/mol. The van der Waals surface area contributed by atoms with Gasteiger partial charge in [0.25, 0.3) is 0 Å². The van der Waals surface area contributed by atoms with Gasteiger partial charge in [0.05, 0.1) is 0 Å². The summed E-state index contributed by atoms with van der Waals surface area (Å²) >= 11 is 0. The Kier molecular flexibility index (Phi) is 6.86. The second-order valence-electron chi connectivity index (χ2n) is 6.67. The topological polar surface area (TPSA) is 32.3 Å². The van der Waals surface area contributed by atoms with E-state index in [9.17, 15) is 4.79 Å². The molecule has 0 radical (unpaired) electrons. The van der Waals surface area contributed by atoms with Crippen LogP contribution in [0.15, 0.2) is 54.6 Å². The second-order valence-corrected chi connectivity index (χ2v) is 6.67. The van der Waals surface area contributed by atoms with E-state index in [-0.39, 0.29) is 5.91 Å². The molecule has 2 aromatic rings. The first-order valence-corrected chi connectivity index (χ1v) is 8.61. The molecule has 0 aliphatic rings. The number of rotatable bonds is 8. The molecule has 0 bridgehead atoms. The molecule has 1 amide bonds. The van der Waals surface area contributed by atoms with Gasteiger partial charge in [-0.05, 0) is 42.0 Å². The van der Waals surface area contributed by atoms with E-state index in [2.05, 4.69) is 53.5 Å². The zero-order valence-electron chi connectivity index (χ0n) is 15.0. The fourth-order valence-corrected chi connectivity index (χ4v) is 2.69. The van der Waals surface area contributed by atoms with Gasteiger partial charge in [-0.1, -0.05) is 49.4 Å². The first-order chi connectivity index (χ1) is 11.5. The van der Waals surface area contributed by atoms with Crippen LogP contribution in [0.2, 0.25) is 0 Å². The molecule has 0 saturated carbocycles. The lowest BCUT2D eigenvalue weighted by molar-refractivity contribution is -0.122. The Hall–Kier alpha value is -2.29. The Morgan fingerprint density at radius 2 is 1.75 bits per heavy atom. The van der Waals surface area contributed by atoms with E-state index in [0.29, 0.717) is 18.9 Å². The van der Waals surface area contributed by atoms with Crippen LogP contribution in [0.1, 0.15) is 30.9 Å². The molecular formula is C21H28N2O. The summed E-state index contributed by atoms with van der Waals surface area (Å²) in [7, 11) is 4.04. The lowest BCUT2D eigenvalue weighted by atomic mass is 9.98. The Morgan fingerprint density at radius 3 is 2.46 bits per heavy atom. The van der Waals surface area contributed by atoms with Crippen molar-refractivity contribution in [2.75, 3.05) is 19.0 Å². The molecule has 1 atom stereocenters. The summed E-state index contributed by atoms with van der Waals surface area (Å²) in [6.07, 6.45) is 2.65. The number of aryl methyl sites for hydroxylation is 1. The fourth-order valence-electron chi connectivity index (χ4n) is 2.69. The average Bonchev–Trinajstić information content (AvgIpc) is 2.59. The molecule has 2 aromatic carbocycles. The maximum absolute atomic E-state index is 12.1. The predicted octanol–water partition coefficient (Wildman–Crippen LogP) is 4.03. The molecule has 1 N–H and O–H groups in total. The van der Waals surface area contributed by atoms with Gasteiger partial charge in [-0.2, -0.15) is 0 Å². The third kappa shape index (κ3) is 6.07. The van der Waals surface area contributed by atoms with Crippen LogP contribution in [-0.2, 0) is 17.8 Å². The summed E-state index contributed by atoms with van der Waals surface area (Å²) in [5.74, 6) is 0.518. The number of hydrogen-bond acceptors (Lipinski definition) is 2. The maximum atomic E-state index is 12.1. The van der Waals surface area contributed by atoms with Gasteiger partial charge in [0, 0.05) is 32.7 Å². The highest BCUT2D eigenvalue weighted by Gasteiger charge is 2.09. The molecule has 0 saturated heterocycles. The molecule has 0 aliphatic heterocycles. The molecule has 0 fully saturated rings. The Balaban J connectivity index is 1.73. The van der Waals surface area contributed by atoms with Gasteiger partial charge in [-0.25, -0.2) is 0 Å². The average molecular weight is 324 g/mol. The fraction of sp³-hybridized carbons (Fsp3) is 0.381. The number of carbonyl (C=O) groups is 1. The maximum Gasteiger partial charge on any atom is 0.220 e. The number of benzene rings is 2. The van der Waals surface area contributed by atoms with Crippen LogP contribution in [0, 0.1) is 5.92 Å². The Labute approximate surface area is 145 Å². The summed E-state index contributed by atoms with van der Waals surface area (Å²) in [6, 6.07) is 18.7. The van der Waals surface area contributed by atoms with Crippen LogP contribution in [0.25, 0.3) is 0 Å². The summed E-state index contributed by atoms with van der Waals surface area (Å²) < 4.78 is 0. The van der Waals surface area contributed by atoms with Crippen LogP contribution < -0.4 is 10.2 Å². The van der Waals surface area contributed by atoms with Crippen molar-refractivity contribution in [2.45, 2.75) is 32.7 Å². The highest BCUT2D eigenvalue weighted by atomic mass is 16.1. The van der Waals surface area contributed by atoms with E-state index >= 15 is 0 Å². The molecule has 24 heavy (non-hydrogen) atoms. The van der Waals surface area contributed by atoms with Crippen molar-refractivity contribution < 1.29 is 4.79 Å². The quantitative estimate of drug-likeness (QED) is 0.795. The molecule has 128 valence electrons. The van der Waals surface area contributed by atoms with Gasteiger partial charge in [-0.15, -0.1) is 0 Å². The van der Waals surface area contributed by atoms with Crippen molar-refractivity contribution in [3.05, 3.63) is 65.7 Å². The monoisotopic (exact) mass is 324 g/mol. The lowest BCUT2D eigenvalue weighted by Gasteiger charge is -2.14. The largest absolute Gasteiger partial charge is 0.378 e. The third-order valence-corrected chi connectivity index (χ3v) is 4.22. The van der Waals surface area contributed by atoms with E-state index in [1.807, 2.05) is 32.3 Å². The molecule has 0 spiro atoms. The molecular weight excluding hydrogens is 296 g/mol. The lowest BCUT2D eigenvalue weighted by Crippen LogP contribution is -2.24. The minimum atomic E-state index is 0.130. The van der Waals surface area contributed by atoms with Crippen LogP contribution in [0.4, 0.5) is 5.69 Å². The number of carbonyl (C=O) groups excluding carboxylic acids is 1. The number of amides is 1. The van der Waals surface area contributed by atoms with Crippen LogP contribution in [0.5, 0.6) is 0 Å². The van der Waals surface area contributed by atoms with Crippen molar-refractivity contribution in [2.24, 2.45) is 5.92 Å². The Bertz CT molecular complexity index is 637. The highest BCUT2D eigenvalue weighted by Crippen LogP contribution is 2.14. The zero-order valence-corrected chi connectivity index (χ0v) is 15.0. The molecule has 0 aromatic heterocycles. The van der Waals surface area contributed by atoms with Gasteiger partial charge in [-0.3, -0.25) is 4.79 Å². The van der Waals surface area contributed by atoms with Crippen LogP contribution in [-0.4, -0.2) is 20.0 Å². The van der Waals surface area contributed by atoms with E-state index in [4.69, 9.17) is 0 Å². The summed E-state index contributed by atoms with van der Waals surface area (Å²) in [4.78, 5) is 14.2. The van der Waals surface area contributed by atoms with E-state index in [0.717, 1.165) is 24.1 Å². The molecule has 0 heterocycles. The molecule has 0 aliphatic carbocycles. The van der Waals surface area contributed by atoms with E-state index in [1.165, 1.54) is 5.56 Å². The summed E-state index contributed by atoms with van der Waals surface area (Å²) in [5, 5.41) is 3.04. The molecule has 3 heteroatoms.